The van der Waals surface area contributed by atoms with Crippen LogP contribution >= 0.6 is 0 Å². The monoisotopic (exact) mass is 879 g/mol. The zero-order chi connectivity index (χ0) is 45.6. The first-order chi connectivity index (χ1) is 31.5. The number of nitrogens with zero attached hydrogens (tertiary/aromatic N) is 5. The normalized spacial score (nSPS) is 26.7. The molecule has 65 heavy (non-hydrogen) atoms. The molecule has 6 atom stereocenters. The summed E-state index contributed by atoms with van der Waals surface area (Å²) < 4.78 is 17.5. The minimum atomic E-state index is -1.21. The predicted molar refractivity (Wildman–Crippen MR) is 264 cm³/mol. The molecule has 6 aliphatic rings. The Bertz CT molecular complexity index is 2630. The summed E-state index contributed by atoms with van der Waals surface area (Å²) in [4.78, 5) is 24.5. The number of carbonyl (C=O) groups is 1. The van der Waals surface area contributed by atoms with Crippen LogP contribution in [0.4, 0.5) is 11.4 Å². The Morgan fingerprint density at radius 3 is 1.63 bits per heavy atom. The van der Waals surface area contributed by atoms with Crippen LogP contribution in [-0.4, -0.2) is 36.8 Å². The summed E-state index contributed by atoms with van der Waals surface area (Å²) >= 11 is 0. The summed E-state index contributed by atoms with van der Waals surface area (Å²) in [6.07, 6.45) is 20.6. The molecule has 0 amide bonds. The number of rotatable bonds is 3. The van der Waals surface area contributed by atoms with Gasteiger partial charge in [-0.25, -0.2) is 9.69 Å². The third-order valence-electron chi connectivity index (χ3n) is 14.9. The van der Waals surface area contributed by atoms with Gasteiger partial charge in [-0.1, -0.05) is 87.1 Å². The quantitative estimate of drug-likeness (QED) is 0.0887. The SMILES string of the molecule is C=C=N[Si](C)(C)C.[C-]#[N+]c1cccc(-c2ccc3c(c2)C(=NC#N)CC2(CCCC4CCCCC42)O3)c1.[C-]#[N+]c1cccc(-c2ccc3c(c2)C(=O)CC2(CCCC4CCCCC42)O3)c1. The van der Waals surface area contributed by atoms with Gasteiger partial charge >= 0.3 is 0 Å². The van der Waals surface area contributed by atoms with Crippen molar-refractivity contribution in [3.8, 4) is 39.9 Å². The summed E-state index contributed by atoms with van der Waals surface area (Å²) in [6, 6.07) is 27.3. The van der Waals surface area contributed by atoms with Crippen molar-refractivity contribution in [2.24, 2.45) is 33.3 Å². The van der Waals surface area contributed by atoms with Crippen molar-refractivity contribution in [2.45, 2.75) is 134 Å². The molecule has 0 bridgehead atoms. The molecule has 6 unspecified atom stereocenters. The van der Waals surface area contributed by atoms with E-state index < -0.39 is 8.24 Å². The van der Waals surface area contributed by atoms with Crippen LogP contribution in [0.3, 0.4) is 0 Å². The third-order valence-corrected chi connectivity index (χ3v) is 15.7. The van der Waals surface area contributed by atoms with Gasteiger partial charge in [0.05, 0.1) is 30.8 Å². The van der Waals surface area contributed by atoms with Crippen molar-refractivity contribution in [1.29, 1.82) is 5.26 Å². The van der Waals surface area contributed by atoms with E-state index in [1.807, 2.05) is 72.9 Å². The standard InChI is InChI=1S/C26H25N3O.C25H25NO2.C5H11NSi/c1-28-21-9-4-7-19(14-21)20-11-12-25-22(15-20)24(29-17-27)16-26(30-25)13-5-8-18-6-2-3-10-23(18)26;1-26-20-9-4-7-18(14-20)19-11-12-24-21(15-19)23(27)16-25(28-24)13-5-8-17-6-2-3-10-22(17)25;1-5-6-7(2,3)4/h4,7,9,11-12,14-15,18,23H,2-3,5-6,8,10,13,16H2;4,7,9,11-12,14-15,17,22H,2-3,5-6,8,10,13,16H2;1H2,2-4H3. The fourth-order valence-electron chi connectivity index (χ4n) is 12.1. The van der Waals surface area contributed by atoms with Crippen molar-refractivity contribution < 1.29 is 14.3 Å². The summed E-state index contributed by atoms with van der Waals surface area (Å²) in [7, 11) is -1.21. The molecule has 0 aromatic heterocycles. The van der Waals surface area contributed by atoms with E-state index in [4.69, 9.17) is 22.6 Å². The second-order valence-corrected chi connectivity index (χ2v) is 24.6. The molecule has 0 saturated heterocycles. The minimum absolute atomic E-state index is 0.211. The maximum absolute atomic E-state index is 13.2. The Balaban J connectivity index is 0.000000155. The molecular weight excluding hydrogens is 819 g/mol. The molecule has 4 saturated carbocycles. The van der Waals surface area contributed by atoms with Gasteiger partial charge in [0.1, 0.15) is 22.7 Å². The number of hydrogen-bond donors (Lipinski definition) is 0. The number of ketones is 1. The first kappa shape index (κ1) is 45.5. The average Bonchev–Trinajstić information content (AvgIpc) is 3.32. The third kappa shape index (κ3) is 9.96. The first-order valence-electron chi connectivity index (χ1n) is 23.8. The Kier molecular flexibility index (Phi) is 13.7. The lowest BCUT2D eigenvalue weighted by atomic mass is 9.60. The van der Waals surface area contributed by atoms with Crippen LogP contribution in [0.25, 0.3) is 31.9 Å². The van der Waals surface area contributed by atoms with Gasteiger partial charge in [-0.3, -0.25) is 9.45 Å². The van der Waals surface area contributed by atoms with Crippen LogP contribution in [0.2, 0.25) is 19.6 Å². The zero-order valence-electron chi connectivity index (χ0n) is 38.4. The number of fused-ring (bicyclic) bond motifs is 6. The molecule has 4 fully saturated rings. The Morgan fingerprint density at radius 2 is 1.14 bits per heavy atom. The Labute approximate surface area is 387 Å². The smallest absolute Gasteiger partial charge is 0.205 e. The molecule has 4 aliphatic carbocycles. The Hall–Kier alpha value is -6.04. The largest absolute Gasteiger partial charge is 0.486 e. The van der Waals surface area contributed by atoms with Gasteiger partial charge in [0, 0.05) is 23.8 Å². The molecule has 2 aliphatic heterocycles. The molecule has 2 heterocycles. The molecule has 8 nitrogen and oxygen atoms in total. The number of carbonyl (C=O) groups excluding carboxylic acids is 1. The highest BCUT2D eigenvalue weighted by Gasteiger charge is 2.53. The van der Waals surface area contributed by atoms with Crippen molar-refractivity contribution in [3.05, 3.63) is 125 Å². The molecule has 2 spiro atoms. The van der Waals surface area contributed by atoms with E-state index >= 15 is 0 Å². The fraction of sp³-hybridized carbons (Fsp3) is 0.446. The maximum atomic E-state index is 13.2. The average molecular weight is 880 g/mol. The second kappa shape index (κ2) is 19.6. The number of Topliss-reactive ketones (excluding diaryl/α,β-unsaturated/α-hetero) is 1. The molecule has 0 N–H and O–H groups in total. The fourth-order valence-corrected chi connectivity index (χ4v) is 12.6. The molecule has 332 valence electrons. The number of aliphatic imine (C=N–C) groups is 1. The molecule has 9 heteroatoms. The van der Waals surface area contributed by atoms with E-state index in [0.29, 0.717) is 35.2 Å². The number of nitriles is 1. The van der Waals surface area contributed by atoms with Gasteiger partial charge in [0.2, 0.25) is 6.19 Å². The highest BCUT2D eigenvalue weighted by atomic mass is 28.3. The van der Waals surface area contributed by atoms with E-state index in [9.17, 15) is 10.1 Å². The predicted octanol–water partition coefficient (Wildman–Crippen LogP) is 15.0. The van der Waals surface area contributed by atoms with E-state index in [1.54, 1.807) is 6.07 Å². The van der Waals surface area contributed by atoms with Gasteiger partial charge in [-0.15, -0.1) is 0 Å². The molecular formula is C56H61N5O3Si. The molecule has 0 radical (unpaired) electrons. The summed E-state index contributed by atoms with van der Waals surface area (Å²) in [6.45, 7) is 24.3. The molecule has 10 rings (SSSR count). The van der Waals surface area contributed by atoms with Crippen LogP contribution in [0.1, 0.15) is 119 Å². The highest BCUT2D eigenvalue weighted by molar-refractivity contribution is 6.75. The lowest BCUT2D eigenvalue weighted by Crippen LogP contribution is -2.54. The van der Waals surface area contributed by atoms with Crippen molar-refractivity contribution >= 4 is 37.0 Å². The summed E-state index contributed by atoms with van der Waals surface area (Å²) in [5.41, 5.74) is 7.17. The molecule has 4 aromatic carbocycles. The van der Waals surface area contributed by atoms with Crippen LogP contribution in [0.5, 0.6) is 11.5 Å². The van der Waals surface area contributed by atoms with E-state index in [0.717, 1.165) is 76.1 Å². The second-order valence-electron chi connectivity index (χ2n) is 20.0. The maximum Gasteiger partial charge on any atom is 0.205 e. The lowest BCUT2D eigenvalue weighted by Gasteiger charge is -2.52. The van der Waals surface area contributed by atoms with Gasteiger partial charge in [0.25, 0.3) is 0 Å². The number of ether oxygens (including phenoxy) is 2. The summed E-state index contributed by atoms with van der Waals surface area (Å²) in [5, 5.41) is 9.41. The van der Waals surface area contributed by atoms with E-state index in [-0.39, 0.29) is 17.0 Å². The van der Waals surface area contributed by atoms with Crippen LogP contribution in [-0.2, 0) is 0 Å². The summed E-state index contributed by atoms with van der Waals surface area (Å²) in [5.74, 6) is 6.94. The number of benzene rings is 4. The van der Waals surface area contributed by atoms with Gasteiger partial charge in [-0.05, 0) is 154 Å². The highest BCUT2D eigenvalue weighted by Crippen LogP contribution is 2.54. The molecule has 4 aromatic rings. The zero-order valence-corrected chi connectivity index (χ0v) is 39.4. The van der Waals surface area contributed by atoms with Gasteiger partial charge in [-0.2, -0.15) is 10.3 Å². The van der Waals surface area contributed by atoms with Crippen molar-refractivity contribution in [1.82, 2.24) is 0 Å². The van der Waals surface area contributed by atoms with Crippen molar-refractivity contribution in [3.63, 3.8) is 0 Å². The first-order valence-corrected chi connectivity index (χ1v) is 27.3. The van der Waals surface area contributed by atoms with Crippen LogP contribution < -0.4 is 9.47 Å². The van der Waals surface area contributed by atoms with E-state index in [2.05, 4.69) is 63.6 Å². The van der Waals surface area contributed by atoms with E-state index in [1.165, 1.54) is 77.0 Å². The minimum Gasteiger partial charge on any atom is -0.486 e. The van der Waals surface area contributed by atoms with Crippen LogP contribution in [0.15, 0.2) is 101 Å². The number of hydrogen-bond acceptors (Lipinski definition) is 6. The van der Waals surface area contributed by atoms with Crippen molar-refractivity contribution in [2.75, 3.05) is 0 Å². The van der Waals surface area contributed by atoms with Gasteiger partial charge in [0.15, 0.2) is 25.4 Å². The Morgan fingerprint density at radius 1 is 0.662 bits per heavy atom. The lowest BCUT2D eigenvalue weighted by molar-refractivity contribution is -0.0721. The van der Waals surface area contributed by atoms with Crippen LogP contribution in [0, 0.1) is 48.3 Å². The topological polar surface area (TPSA) is 92.8 Å². The van der Waals surface area contributed by atoms with Gasteiger partial charge < -0.3 is 9.47 Å².